The second-order valence-electron chi connectivity index (χ2n) is 3.07. The van der Waals surface area contributed by atoms with E-state index in [-0.39, 0.29) is 5.91 Å². The van der Waals surface area contributed by atoms with Gasteiger partial charge in [-0.25, -0.2) is 19.3 Å². The number of halogens is 2. The molecule has 86 valence electrons. The Bertz CT molecular complexity index is 549. The topological polar surface area (TPSA) is 67.8 Å². The summed E-state index contributed by atoms with van der Waals surface area (Å²) in [6.45, 7) is 0. The van der Waals surface area contributed by atoms with Crippen LogP contribution in [-0.2, 0) is 0 Å². The predicted molar refractivity (Wildman–Crippen MR) is 66.9 cm³/mol. The molecule has 2 heterocycles. The van der Waals surface area contributed by atoms with Crippen molar-refractivity contribution in [2.24, 2.45) is 0 Å². The van der Waals surface area contributed by atoms with E-state index in [1.807, 2.05) is 22.6 Å². The Morgan fingerprint density at radius 3 is 2.65 bits per heavy atom. The number of hydrogen-bond acceptors (Lipinski definition) is 4. The Balaban J connectivity index is 2.19. The molecule has 0 aromatic carbocycles. The summed E-state index contributed by atoms with van der Waals surface area (Å²) in [7, 11) is 0. The van der Waals surface area contributed by atoms with Crippen molar-refractivity contribution in [3.8, 4) is 0 Å². The number of rotatable bonds is 2. The van der Waals surface area contributed by atoms with E-state index in [2.05, 4.69) is 20.3 Å². The zero-order chi connectivity index (χ0) is 12.3. The highest BCUT2D eigenvalue weighted by molar-refractivity contribution is 14.1. The Morgan fingerprint density at radius 2 is 2.00 bits per heavy atom. The van der Waals surface area contributed by atoms with Crippen LogP contribution in [-0.4, -0.2) is 20.9 Å². The molecule has 17 heavy (non-hydrogen) atoms. The van der Waals surface area contributed by atoms with E-state index in [4.69, 9.17) is 0 Å². The van der Waals surface area contributed by atoms with E-state index in [0.717, 1.165) is 6.20 Å². The fourth-order valence-corrected chi connectivity index (χ4v) is 1.67. The first-order valence-corrected chi connectivity index (χ1v) is 5.62. The second-order valence-corrected chi connectivity index (χ2v) is 4.23. The molecular formula is C10H6FIN4O. The molecule has 0 saturated carbocycles. The van der Waals surface area contributed by atoms with Crippen LogP contribution in [0.4, 0.5) is 10.2 Å². The van der Waals surface area contributed by atoms with Gasteiger partial charge in [-0.1, -0.05) is 0 Å². The molecule has 2 aromatic rings. The molecule has 0 fully saturated rings. The first-order valence-electron chi connectivity index (χ1n) is 4.54. The largest absolute Gasteiger partial charge is 0.306 e. The van der Waals surface area contributed by atoms with Crippen LogP contribution in [0.3, 0.4) is 0 Å². The smallest absolute Gasteiger partial charge is 0.259 e. The molecule has 0 saturated heterocycles. The van der Waals surface area contributed by atoms with Gasteiger partial charge in [-0.05, 0) is 28.7 Å². The molecule has 1 N–H and O–H groups in total. The van der Waals surface area contributed by atoms with Gasteiger partial charge in [0.05, 0.1) is 15.3 Å². The van der Waals surface area contributed by atoms with Gasteiger partial charge >= 0.3 is 0 Å². The van der Waals surface area contributed by atoms with Crippen LogP contribution in [0.5, 0.6) is 0 Å². The molecule has 0 bridgehead atoms. The molecular weight excluding hydrogens is 338 g/mol. The number of carbonyl (C=O) groups excluding carboxylic acids is 1. The fraction of sp³-hybridized carbons (Fsp3) is 0. The highest BCUT2D eigenvalue weighted by Gasteiger charge is 2.10. The van der Waals surface area contributed by atoms with E-state index < -0.39 is 5.82 Å². The first-order chi connectivity index (χ1) is 8.16. The van der Waals surface area contributed by atoms with Gasteiger partial charge in [-0.3, -0.25) is 4.79 Å². The van der Waals surface area contributed by atoms with Crippen molar-refractivity contribution < 1.29 is 9.18 Å². The summed E-state index contributed by atoms with van der Waals surface area (Å²) in [4.78, 5) is 23.0. The van der Waals surface area contributed by atoms with Gasteiger partial charge < -0.3 is 5.32 Å². The number of aromatic nitrogens is 3. The Kier molecular flexibility index (Phi) is 3.57. The third kappa shape index (κ3) is 2.93. The third-order valence-electron chi connectivity index (χ3n) is 1.86. The monoisotopic (exact) mass is 344 g/mol. The summed E-state index contributed by atoms with van der Waals surface area (Å²) in [5.74, 6) is -0.529. The van der Waals surface area contributed by atoms with Crippen LogP contribution >= 0.6 is 22.6 Å². The molecule has 7 heteroatoms. The van der Waals surface area contributed by atoms with E-state index in [0.29, 0.717) is 15.0 Å². The molecule has 0 aliphatic rings. The number of hydrogen-bond donors (Lipinski definition) is 1. The molecule has 2 aromatic heterocycles. The summed E-state index contributed by atoms with van der Waals surface area (Å²) in [6, 6.07) is 1.28. The molecule has 5 nitrogen and oxygen atoms in total. The minimum Gasteiger partial charge on any atom is -0.306 e. The summed E-state index contributed by atoms with van der Waals surface area (Å²) in [5.41, 5.74) is 0.314. The molecule has 1 amide bonds. The molecule has 0 spiro atoms. The van der Waals surface area contributed by atoms with Crippen molar-refractivity contribution >= 4 is 34.3 Å². The van der Waals surface area contributed by atoms with E-state index >= 15 is 0 Å². The van der Waals surface area contributed by atoms with Crippen LogP contribution < -0.4 is 5.32 Å². The van der Waals surface area contributed by atoms with Crippen LogP contribution in [0.15, 0.2) is 31.0 Å². The Labute approximate surface area is 110 Å². The fourth-order valence-electron chi connectivity index (χ4n) is 1.10. The predicted octanol–water partition coefficient (Wildman–Crippen LogP) is 1.87. The van der Waals surface area contributed by atoms with Gasteiger partial charge in [0.25, 0.3) is 5.91 Å². The molecule has 2 rings (SSSR count). The average Bonchev–Trinajstić information content (AvgIpc) is 2.34. The highest BCUT2D eigenvalue weighted by Crippen LogP contribution is 2.16. The SMILES string of the molecule is O=C(Nc1ncc(F)cc1I)c1cncnc1. The third-order valence-corrected chi connectivity index (χ3v) is 2.68. The summed E-state index contributed by atoms with van der Waals surface area (Å²) in [6.07, 6.45) is 5.15. The number of nitrogens with one attached hydrogen (secondary N) is 1. The van der Waals surface area contributed by atoms with Crippen molar-refractivity contribution in [2.45, 2.75) is 0 Å². The van der Waals surface area contributed by atoms with Gasteiger partial charge in [0.2, 0.25) is 0 Å². The van der Waals surface area contributed by atoms with Crippen LogP contribution in [0.25, 0.3) is 0 Å². The van der Waals surface area contributed by atoms with Crippen molar-refractivity contribution in [3.63, 3.8) is 0 Å². The Morgan fingerprint density at radius 1 is 1.29 bits per heavy atom. The minimum absolute atomic E-state index is 0.306. The molecule has 0 atom stereocenters. The van der Waals surface area contributed by atoms with Crippen LogP contribution in [0.2, 0.25) is 0 Å². The summed E-state index contributed by atoms with van der Waals surface area (Å²) < 4.78 is 13.3. The molecule has 0 unspecified atom stereocenters. The lowest BCUT2D eigenvalue weighted by Gasteiger charge is -2.05. The van der Waals surface area contributed by atoms with Crippen molar-refractivity contribution in [2.75, 3.05) is 5.32 Å². The van der Waals surface area contributed by atoms with Gasteiger partial charge in [0, 0.05) is 12.4 Å². The van der Waals surface area contributed by atoms with Crippen molar-refractivity contribution in [1.29, 1.82) is 0 Å². The normalized spacial score (nSPS) is 10.0. The molecule has 0 aliphatic carbocycles. The van der Waals surface area contributed by atoms with E-state index in [9.17, 15) is 9.18 Å². The Hall–Kier alpha value is -1.64. The zero-order valence-electron chi connectivity index (χ0n) is 8.39. The average molecular weight is 344 g/mol. The second kappa shape index (κ2) is 5.13. The maximum absolute atomic E-state index is 12.8. The maximum atomic E-state index is 12.8. The van der Waals surface area contributed by atoms with Crippen LogP contribution in [0, 0.1) is 9.39 Å². The van der Waals surface area contributed by atoms with Gasteiger partial charge in [0.1, 0.15) is 18.0 Å². The number of carbonyl (C=O) groups is 1. The molecule has 0 radical (unpaired) electrons. The standard InChI is InChI=1S/C10H6FIN4O/c11-7-1-8(12)9(15-4-7)16-10(17)6-2-13-5-14-3-6/h1-5H,(H,15,16,17). The quantitative estimate of drug-likeness (QED) is 0.845. The van der Waals surface area contributed by atoms with Crippen molar-refractivity contribution in [3.05, 3.63) is 45.9 Å². The highest BCUT2D eigenvalue weighted by atomic mass is 127. The number of anilines is 1. The minimum atomic E-state index is -0.449. The maximum Gasteiger partial charge on any atom is 0.259 e. The first kappa shape index (κ1) is 11.8. The summed E-state index contributed by atoms with van der Waals surface area (Å²) in [5, 5.41) is 2.55. The van der Waals surface area contributed by atoms with E-state index in [1.165, 1.54) is 24.8 Å². The number of nitrogens with zero attached hydrogens (tertiary/aromatic N) is 3. The lowest BCUT2D eigenvalue weighted by molar-refractivity contribution is 0.102. The van der Waals surface area contributed by atoms with Gasteiger partial charge in [-0.15, -0.1) is 0 Å². The number of amides is 1. The van der Waals surface area contributed by atoms with Crippen molar-refractivity contribution in [1.82, 2.24) is 15.0 Å². The lowest BCUT2D eigenvalue weighted by atomic mass is 10.3. The van der Waals surface area contributed by atoms with Crippen LogP contribution in [0.1, 0.15) is 10.4 Å². The summed E-state index contributed by atoms with van der Waals surface area (Å²) >= 11 is 1.89. The number of pyridine rings is 1. The molecule has 0 aliphatic heterocycles. The van der Waals surface area contributed by atoms with Gasteiger partial charge in [0.15, 0.2) is 0 Å². The lowest BCUT2D eigenvalue weighted by Crippen LogP contribution is -2.14. The van der Waals surface area contributed by atoms with Gasteiger partial charge in [-0.2, -0.15) is 0 Å². The zero-order valence-corrected chi connectivity index (χ0v) is 10.6. The van der Waals surface area contributed by atoms with E-state index in [1.54, 1.807) is 0 Å².